The quantitative estimate of drug-likeness (QED) is 0.813. The van der Waals surface area contributed by atoms with Crippen molar-refractivity contribution in [2.24, 2.45) is 13.0 Å². The molecule has 1 aromatic heterocycles. The lowest BCUT2D eigenvalue weighted by atomic mass is 9.93. The second kappa shape index (κ2) is 6.20. The van der Waals surface area contributed by atoms with E-state index in [-0.39, 0.29) is 0 Å². The third-order valence-corrected chi connectivity index (χ3v) is 3.98. The first-order valence-electron chi connectivity index (χ1n) is 6.97. The van der Waals surface area contributed by atoms with Crippen molar-refractivity contribution in [2.75, 3.05) is 0 Å². The Morgan fingerprint density at radius 2 is 2.06 bits per heavy atom. The first-order valence-corrected chi connectivity index (χ1v) is 6.97. The fourth-order valence-corrected chi connectivity index (χ4v) is 2.80. The van der Waals surface area contributed by atoms with Crippen LogP contribution in [0.2, 0.25) is 0 Å². The average Bonchev–Trinajstić information content (AvgIpc) is 2.58. The van der Waals surface area contributed by atoms with Crippen LogP contribution >= 0.6 is 0 Å². The molecule has 3 heteroatoms. The van der Waals surface area contributed by atoms with Gasteiger partial charge in [0.25, 0.3) is 0 Å². The SMILES string of the molecule is C[C@@H](NCc1ccn(C)n1)C1CCCCCC1. The van der Waals surface area contributed by atoms with E-state index < -0.39 is 0 Å². The second-order valence-electron chi connectivity index (χ2n) is 5.40. The minimum Gasteiger partial charge on any atom is -0.308 e. The molecule has 0 spiro atoms. The molecule has 0 aliphatic heterocycles. The van der Waals surface area contributed by atoms with Crippen molar-refractivity contribution in [3.05, 3.63) is 18.0 Å². The summed E-state index contributed by atoms with van der Waals surface area (Å²) in [5, 5.41) is 8.03. The molecule has 1 aliphatic carbocycles. The van der Waals surface area contributed by atoms with Crippen molar-refractivity contribution >= 4 is 0 Å². The van der Waals surface area contributed by atoms with E-state index in [1.165, 1.54) is 38.5 Å². The predicted octanol–water partition coefficient (Wildman–Crippen LogP) is 2.87. The molecule has 1 fully saturated rings. The largest absolute Gasteiger partial charge is 0.308 e. The molecule has 96 valence electrons. The van der Waals surface area contributed by atoms with Gasteiger partial charge < -0.3 is 5.32 Å². The van der Waals surface area contributed by atoms with Gasteiger partial charge in [0.1, 0.15) is 0 Å². The van der Waals surface area contributed by atoms with E-state index in [2.05, 4.69) is 23.4 Å². The van der Waals surface area contributed by atoms with Gasteiger partial charge in [0.05, 0.1) is 5.69 Å². The summed E-state index contributed by atoms with van der Waals surface area (Å²) in [6.45, 7) is 3.23. The first-order chi connectivity index (χ1) is 8.25. The summed E-state index contributed by atoms with van der Waals surface area (Å²) in [6, 6.07) is 2.71. The summed E-state index contributed by atoms with van der Waals surface area (Å²) in [4.78, 5) is 0. The topological polar surface area (TPSA) is 29.9 Å². The molecule has 1 aliphatic rings. The normalized spacial score (nSPS) is 20.1. The van der Waals surface area contributed by atoms with Gasteiger partial charge >= 0.3 is 0 Å². The summed E-state index contributed by atoms with van der Waals surface area (Å²) < 4.78 is 1.87. The van der Waals surface area contributed by atoms with E-state index in [0.29, 0.717) is 6.04 Å². The Morgan fingerprint density at radius 1 is 1.35 bits per heavy atom. The molecular weight excluding hydrogens is 210 g/mol. The average molecular weight is 235 g/mol. The second-order valence-corrected chi connectivity index (χ2v) is 5.40. The number of hydrogen-bond donors (Lipinski definition) is 1. The summed E-state index contributed by atoms with van der Waals surface area (Å²) >= 11 is 0. The highest BCUT2D eigenvalue weighted by molar-refractivity contribution is 4.98. The monoisotopic (exact) mass is 235 g/mol. The van der Waals surface area contributed by atoms with Crippen LogP contribution in [-0.2, 0) is 13.6 Å². The Kier molecular flexibility index (Phi) is 4.60. The number of nitrogens with zero attached hydrogens (tertiary/aromatic N) is 2. The first kappa shape index (κ1) is 12.6. The maximum absolute atomic E-state index is 4.40. The molecule has 1 saturated carbocycles. The fourth-order valence-electron chi connectivity index (χ4n) is 2.80. The van der Waals surface area contributed by atoms with Gasteiger partial charge in [0, 0.05) is 25.8 Å². The summed E-state index contributed by atoms with van der Waals surface area (Å²) in [6.07, 6.45) is 10.5. The molecule has 0 saturated heterocycles. The van der Waals surface area contributed by atoms with E-state index in [1.807, 2.05) is 17.9 Å². The highest BCUT2D eigenvalue weighted by Gasteiger charge is 2.18. The zero-order valence-corrected chi connectivity index (χ0v) is 11.2. The Bertz CT molecular complexity index is 324. The lowest BCUT2D eigenvalue weighted by molar-refractivity contribution is 0.335. The standard InChI is InChI=1S/C14H25N3/c1-12(13-7-5-3-4-6-8-13)15-11-14-9-10-17(2)16-14/h9-10,12-13,15H,3-8,11H2,1-2H3/t12-/m1/s1. The molecule has 1 aromatic rings. The molecule has 0 radical (unpaired) electrons. The maximum atomic E-state index is 4.40. The zero-order valence-electron chi connectivity index (χ0n) is 11.2. The van der Waals surface area contributed by atoms with Crippen LogP contribution in [0.4, 0.5) is 0 Å². The highest BCUT2D eigenvalue weighted by atomic mass is 15.3. The third-order valence-electron chi connectivity index (χ3n) is 3.98. The number of nitrogens with one attached hydrogen (secondary N) is 1. The molecule has 17 heavy (non-hydrogen) atoms. The Balaban J connectivity index is 1.77. The molecule has 0 unspecified atom stereocenters. The summed E-state index contributed by atoms with van der Waals surface area (Å²) in [7, 11) is 1.97. The van der Waals surface area contributed by atoms with Crippen molar-refractivity contribution in [1.29, 1.82) is 0 Å². The van der Waals surface area contributed by atoms with E-state index in [1.54, 1.807) is 0 Å². The maximum Gasteiger partial charge on any atom is 0.0762 e. The van der Waals surface area contributed by atoms with Gasteiger partial charge in [0.15, 0.2) is 0 Å². The van der Waals surface area contributed by atoms with E-state index >= 15 is 0 Å². The van der Waals surface area contributed by atoms with Gasteiger partial charge in [-0.2, -0.15) is 5.10 Å². The number of hydrogen-bond acceptors (Lipinski definition) is 2. The van der Waals surface area contributed by atoms with Crippen LogP contribution in [0.3, 0.4) is 0 Å². The van der Waals surface area contributed by atoms with Crippen LogP contribution in [0.5, 0.6) is 0 Å². The minimum absolute atomic E-state index is 0.620. The van der Waals surface area contributed by atoms with Gasteiger partial charge in [-0.15, -0.1) is 0 Å². The summed E-state index contributed by atoms with van der Waals surface area (Å²) in [5.41, 5.74) is 1.15. The van der Waals surface area contributed by atoms with Crippen molar-refractivity contribution in [1.82, 2.24) is 15.1 Å². The van der Waals surface area contributed by atoms with Crippen LogP contribution in [-0.4, -0.2) is 15.8 Å². The van der Waals surface area contributed by atoms with Gasteiger partial charge in [-0.1, -0.05) is 25.7 Å². The molecular formula is C14H25N3. The predicted molar refractivity (Wildman–Crippen MR) is 70.7 cm³/mol. The Labute approximate surface area is 105 Å². The third kappa shape index (κ3) is 3.84. The van der Waals surface area contributed by atoms with Crippen molar-refractivity contribution in [2.45, 2.75) is 58.0 Å². The van der Waals surface area contributed by atoms with Gasteiger partial charge in [-0.05, 0) is 31.7 Å². The van der Waals surface area contributed by atoms with Crippen LogP contribution in [0.15, 0.2) is 12.3 Å². The minimum atomic E-state index is 0.620. The molecule has 2 rings (SSSR count). The lowest BCUT2D eigenvalue weighted by Crippen LogP contribution is -2.33. The summed E-state index contributed by atoms with van der Waals surface area (Å²) in [5.74, 6) is 0.862. The van der Waals surface area contributed by atoms with Crippen LogP contribution < -0.4 is 5.32 Å². The molecule has 0 bridgehead atoms. The molecule has 1 heterocycles. The lowest BCUT2D eigenvalue weighted by Gasteiger charge is -2.23. The van der Waals surface area contributed by atoms with Crippen molar-refractivity contribution in [3.8, 4) is 0 Å². The van der Waals surface area contributed by atoms with Gasteiger partial charge in [-0.3, -0.25) is 4.68 Å². The zero-order chi connectivity index (χ0) is 12.1. The van der Waals surface area contributed by atoms with Crippen molar-refractivity contribution in [3.63, 3.8) is 0 Å². The number of rotatable bonds is 4. The van der Waals surface area contributed by atoms with E-state index in [9.17, 15) is 0 Å². The van der Waals surface area contributed by atoms with E-state index in [4.69, 9.17) is 0 Å². The molecule has 1 N–H and O–H groups in total. The smallest absolute Gasteiger partial charge is 0.0762 e. The van der Waals surface area contributed by atoms with Gasteiger partial charge in [-0.25, -0.2) is 0 Å². The fraction of sp³-hybridized carbons (Fsp3) is 0.786. The van der Waals surface area contributed by atoms with E-state index in [0.717, 1.165) is 18.2 Å². The van der Waals surface area contributed by atoms with Crippen LogP contribution in [0.1, 0.15) is 51.1 Å². The molecule has 3 nitrogen and oxygen atoms in total. The number of aromatic nitrogens is 2. The molecule has 1 atom stereocenters. The molecule has 0 aromatic carbocycles. The molecule has 0 amide bonds. The van der Waals surface area contributed by atoms with Crippen LogP contribution in [0.25, 0.3) is 0 Å². The van der Waals surface area contributed by atoms with Gasteiger partial charge in [0.2, 0.25) is 0 Å². The van der Waals surface area contributed by atoms with Crippen LogP contribution in [0, 0.1) is 5.92 Å². The number of aryl methyl sites for hydroxylation is 1. The Morgan fingerprint density at radius 3 is 2.65 bits per heavy atom. The van der Waals surface area contributed by atoms with Crippen molar-refractivity contribution < 1.29 is 0 Å². The highest BCUT2D eigenvalue weighted by Crippen LogP contribution is 2.25. The Hall–Kier alpha value is -0.830.